The predicted octanol–water partition coefficient (Wildman–Crippen LogP) is 3.53. The van der Waals surface area contributed by atoms with E-state index in [0.717, 1.165) is 0 Å². The summed E-state index contributed by atoms with van der Waals surface area (Å²) in [5, 5.41) is 4.21. The molecule has 0 atom stereocenters. The Morgan fingerprint density at radius 1 is 1.24 bits per heavy atom. The van der Waals surface area contributed by atoms with Crippen molar-refractivity contribution in [1.29, 1.82) is 0 Å². The van der Waals surface area contributed by atoms with Crippen LogP contribution in [0.1, 0.15) is 43.5 Å². The Morgan fingerprint density at radius 2 is 1.92 bits per heavy atom. The van der Waals surface area contributed by atoms with Crippen molar-refractivity contribution in [2.75, 3.05) is 0 Å². The fourth-order valence-corrected chi connectivity index (χ4v) is 3.42. The molecule has 136 valence electrons. The predicted molar refractivity (Wildman–Crippen MR) is 88.2 cm³/mol. The van der Waals surface area contributed by atoms with Gasteiger partial charge in [-0.25, -0.2) is 22.6 Å². The lowest BCUT2D eigenvalue weighted by atomic mass is 9.85. The molecule has 4 nitrogen and oxygen atoms in total. The molecule has 2 aromatic rings. The SMILES string of the molecule is Cn1nc(Cc2ccccc2F)n(CCC2CCC(F)(F)CC2)c1=O. The maximum absolute atomic E-state index is 13.9. The Kier molecular flexibility index (Phi) is 5.01. The van der Waals surface area contributed by atoms with Crippen LogP contribution in [-0.2, 0) is 20.0 Å². The monoisotopic (exact) mass is 353 g/mol. The highest BCUT2D eigenvalue weighted by Gasteiger charge is 2.34. The number of benzene rings is 1. The molecular formula is C18H22F3N3O. The van der Waals surface area contributed by atoms with E-state index >= 15 is 0 Å². The van der Waals surface area contributed by atoms with Crippen LogP contribution in [0.2, 0.25) is 0 Å². The molecule has 0 amide bonds. The van der Waals surface area contributed by atoms with Crippen LogP contribution in [0.3, 0.4) is 0 Å². The lowest BCUT2D eigenvalue weighted by Gasteiger charge is -2.28. The molecule has 1 aromatic carbocycles. The minimum absolute atomic E-state index is 0.0817. The lowest BCUT2D eigenvalue weighted by molar-refractivity contribution is -0.0468. The van der Waals surface area contributed by atoms with E-state index in [1.165, 1.54) is 10.7 Å². The Bertz CT molecular complexity index is 787. The summed E-state index contributed by atoms with van der Waals surface area (Å²) in [6.07, 6.45) is 1.68. The molecule has 0 aliphatic heterocycles. The molecule has 0 unspecified atom stereocenters. The Balaban J connectivity index is 1.71. The van der Waals surface area contributed by atoms with Gasteiger partial charge >= 0.3 is 5.69 Å². The molecule has 0 bridgehead atoms. The topological polar surface area (TPSA) is 39.8 Å². The third-order valence-electron chi connectivity index (χ3n) is 4.99. The van der Waals surface area contributed by atoms with Gasteiger partial charge in [-0.05, 0) is 36.8 Å². The van der Waals surface area contributed by atoms with Crippen LogP contribution in [-0.4, -0.2) is 20.3 Å². The third kappa shape index (κ3) is 4.14. The normalized spacial score (nSPS) is 17.8. The van der Waals surface area contributed by atoms with Crippen LogP contribution >= 0.6 is 0 Å². The smallest absolute Gasteiger partial charge is 0.279 e. The van der Waals surface area contributed by atoms with Gasteiger partial charge < -0.3 is 0 Å². The second kappa shape index (κ2) is 7.06. The lowest BCUT2D eigenvalue weighted by Crippen LogP contribution is -2.28. The van der Waals surface area contributed by atoms with Gasteiger partial charge in [0.1, 0.15) is 11.6 Å². The van der Waals surface area contributed by atoms with Gasteiger partial charge in [-0.3, -0.25) is 4.57 Å². The first-order valence-corrected chi connectivity index (χ1v) is 8.60. The zero-order valence-electron chi connectivity index (χ0n) is 14.2. The Hall–Kier alpha value is -2.05. The number of rotatable bonds is 5. The first-order chi connectivity index (χ1) is 11.9. The molecular weight excluding hydrogens is 331 g/mol. The van der Waals surface area contributed by atoms with E-state index in [4.69, 9.17) is 0 Å². The molecule has 0 spiro atoms. The van der Waals surface area contributed by atoms with Gasteiger partial charge in [0, 0.05) is 32.9 Å². The van der Waals surface area contributed by atoms with E-state index in [9.17, 15) is 18.0 Å². The number of nitrogens with zero attached hydrogens (tertiary/aromatic N) is 3. The Morgan fingerprint density at radius 3 is 2.60 bits per heavy atom. The number of aromatic nitrogens is 3. The zero-order valence-corrected chi connectivity index (χ0v) is 14.2. The molecule has 1 aliphatic carbocycles. The molecule has 1 heterocycles. The van der Waals surface area contributed by atoms with Crippen molar-refractivity contribution >= 4 is 0 Å². The quantitative estimate of drug-likeness (QED) is 0.825. The highest BCUT2D eigenvalue weighted by Crippen LogP contribution is 2.37. The van der Waals surface area contributed by atoms with Crippen molar-refractivity contribution in [2.24, 2.45) is 13.0 Å². The number of hydrogen-bond donors (Lipinski definition) is 0. The summed E-state index contributed by atoms with van der Waals surface area (Å²) in [5.74, 6) is -2.19. The van der Waals surface area contributed by atoms with Crippen LogP contribution in [0, 0.1) is 11.7 Å². The summed E-state index contributed by atoms with van der Waals surface area (Å²) in [4.78, 5) is 12.3. The summed E-state index contributed by atoms with van der Waals surface area (Å²) in [6.45, 7) is 0.423. The summed E-state index contributed by atoms with van der Waals surface area (Å²) >= 11 is 0. The van der Waals surface area contributed by atoms with E-state index < -0.39 is 5.92 Å². The van der Waals surface area contributed by atoms with Crippen LogP contribution in [0.4, 0.5) is 13.2 Å². The van der Waals surface area contributed by atoms with Gasteiger partial charge in [0.15, 0.2) is 0 Å². The molecule has 25 heavy (non-hydrogen) atoms. The van der Waals surface area contributed by atoms with Crippen molar-refractivity contribution in [3.63, 3.8) is 0 Å². The second-order valence-corrected chi connectivity index (χ2v) is 6.83. The van der Waals surface area contributed by atoms with Crippen LogP contribution < -0.4 is 5.69 Å². The van der Waals surface area contributed by atoms with Gasteiger partial charge in [0.25, 0.3) is 0 Å². The van der Waals surface area contributed by atoms with Gasteiger partial charge in [-0.1, -0.05) is 18.2 Å². The van der Waals surface area contributed by atoms with E-state index in [-0.39, 0.29) is 36.7 Å². The summed E-state index contributed by atoms with van der Waals surface area (Å²) < 4.78 is 43.2. The van der Waals surface area contributed by atoms with E-state index in [1.807, 2.05) is 0 Å². The maximum Gasteiger partial charge on any atom is 0.345 e. The number of aryl methyl sites for hydroxylation is 1. The molecule has 7 heteroatoms. The van der Waals surface area contributed by atoms with Crippen molar-refractivity contribution in [2.45, 2.75) is 51.0 Å². The fraction of sp³-hybridized carbons (Fsp3) is 0.556. The fourth-order valence-electron chi connectivity index (χ4n) is 3.42. The zero-order chi connectivity index (χ0) is 18.0. The van der Waals surface area contributed by atoms with Gasteiger partial charge in [-0.15, -0.1) is 0 Å². The first kappa shape index (κ1) is 17.8. The number of halogens is 3. The number of hydrogen-bond acceptors (Lipinski definition) is 2. The average molecular weight is 353 g/mol. The average Bonchev–Trinajstić information content (AvgIpc) is 2.83. The van der Waals surface area contributed by atoms with Gasteiger partial charge in [0.05, 0.1) is 0 Å². The first-order valence-electron chi connectivity index (χ1n) is 8.60. The van der Waals surface area contributed by atoms with E-state index in [2.05, 4.69) is 5.10 Å². The van der Waals surface area contributed by atoms with Crippen molar-refractivity contribution in [1.82, 2.24) is 14.3 Å². The highest BCUT2D eigenvalue weighted by atomic mass is 19.3. The molecule has 1 aliphatic rings. The van der Waals surface area contributed by atoms with Crippen LogP contribution in [0.25, 0.3) is 0 Å². The molecule has 1 fully saturated rings. The van der Waals surface area contributed by atoms with Gasteiger partial charge in [-0.2, -0.15) is 5.10 Å². The van der Waals surface area contributed by atoms with Crippen molar-refractivity contribution in [3.8, 4) is 0 Å². The molecule has 0 radical (unpaired) electrons. The van der Waals surface area contributed by atoms with Gasteiger partial charge in [0.2, 0.25) is 5.92 Å². The molecule has 3 rings (SSSR count). The summed E-state index contributed by atoms with van der Waals surface area (Å²) in [5.41, 5.74) is 0.221. The van der Waals surface area contributed by atoms with Crippen molar-refractivity contribution in [3.05, 3.63) is 52.0 Å². The minimum Gasteiger partial charge on any atom is -0.279 e. The molecule has 0 N–H and O–H groups in total. The van der Waals surface area contributed by atoms with Crippen molar-refractivity contribution < 1.29 is 13.2 Å². The minimum atomic E-state index is -2.54. The van der Waals surface area contributed by atoms with E-state index in [0.29, 0.717) is 37.2 Å². The van der Waals surface area contributed by atoms with Crippen LogP contribution in [0.15, 0.2) is 29.1 Å². The van der Waals surface area contributed by atoms with E-state index in [1.54, 1.807) is 29.8 Å². The summed E-state index contributed by atoms with van der Waals surface area (Å²) in [6, 6.07) is 6.40. The maximum atomic E-state index is 13.9. The molecule has 1 aromatic heterocycles. The number of alkyl halides is 2. The Labute approximate surface area is 144 Å². The highest BCUT2D eigenvalue weighted by molar-refractivity contribution is 5.21. The standard InChI is InChI=1S/C18H22F3N3O/c1-23-17(25)24(11-8-13-6-9-18(20,21)10-7-13)16(22-23)12-14-4-2-3-5-15(14)19/h2-5,13H,6-12H2,1H3. The largest absolute Gasteiger partial charge is 0.345 e. The summed E-state index contributed by atoms with van der Waals surface area (Å²) in [7, 11) is 1.56. The molecule has 1 saturated carbocycles. The second-order valence-electron chi connectivity index (χ2n) is 6.83. The molecule has 0 saturated heterocycles. The third-order valence-corrected chi connectivity index (χ3v) is 4.99. The van der Waals surface area contributed by atoms with Crippen LogP contribution in [0.5, 0.6) is 0 Å².